The van der Waals surface area contributed by atoms with Crippen molar-refractivity contribution in [3.05, 3.63) is 34.7 Å². The summed E-state index contributed by atoms with van der Waals surface area (Å²) in [6, 6.07) is 5.32. The third-order valence-corrected chi connectivity index (χ3v) is 6.49. The molecule has 5 N–H and O–H groups in total. The Morgan fingerprint density at radius 1 is 1.24 bits per heavy atom. The van der Waals surface area contributed by atoms with Gasteiger partial charge in [0.05, 0.1) is 24.7 Å². The van der Waals surface area contributed by atoms with Crippen LogP contribution in [-0.2, 0) is 0 Å². The molecule has 1 aromatic carbocycles. The molecule has 34 heavy (non-hydrogen) atoms. The quantitative estimate of drug-likeness (QED) is 0.412. The predicted octanol–water partition coefficient (Wildman–Crippen LogP) is 1.67. The number of nitrogens with two attached hydrogens (primary N) is 1. The van der Waals surface area contributed by atoms with Crippen LogP contribution in [0.5, 0.6) is 5.75 Å². The number of nitrogens with one attached hydrogen (secondary N) is 2. The minimum Gasteiger partial charge on any atom is -0.497 e. The predicted molar refractivity (Wildman–Crippen MR) is 132 cm³/mol. The highest BCUT2D eigenvalue weighted by Gasteiger charge is 2.26. The van der Waals surface area contributed by atoms with Crippen molar-refractivity contribution in [3.63, 3.8) is 0 Å². The molecule has 2 aromatic heterocycles. The minimum absolute atomic E-state index is 0.127. The second kappa shape index (κ2) is 10.1. The lowest BCUT2D eigenvalue weighted by molar-refractivity contribution is 0.0946. The van der Waals surface area contributed by atoms with Gasteiger partial charge in [-0.05, 0) is 30.7 Å². The second-order valence-electron chi connectivity index (χ2n) is 7.80. The van der Waals surface area contributed by atoms with Crippen LogP contribution in [-0.4, -0.2) is 78.4 Å². The zero-order chi connectivity index (χ0) is 24.2. The number of aryl methyl sites for hydroxylation is 1. The number of aliphatic hydroxyl groups excluding tert-OH is 1. The Balaban J connectivity index is 1.48. The number of hydrogen-bond acceptors (Lipinski definition) is 9. The number of thiophene rings is 1. The van der Waals surface area contributed by atoms with Crippen molar-refractivity contribution < 1.29 is 19.4 Å². The second-order valence-corrected chi connectivity index (χ2v) is 8.66. The monoisotopic (exact) mass is 485 g/mol. The maximum atomic E-state index is 12.8. The van der Waals surface area contributed by atoms with Crippen LogP contribution in [0.1, 0.15) is 15.9 Å². The number of fused-ring (bicyclic) bond motifs is 1. The molecule has 1 aliphatic heterocycles. The average Bonchev–Trinajstić information content (AvgIpc) is 3.27. The molecule has 0 unspecified atom stereocenters. The summed E-state index contributed by atoms with van der Waals surface area (Å²) >= 11 is 1.31. The number of aromatic nitrogens is 2. The van der Waals surface area contributed by atoms with Crippen LogP contribution in [0.2, 0.25) is 0 Å². The molecule has 0 saturated carbocycles. The molecule has 180 valence electrons. The first-order valence-corrected chi connectivity index (χ1v) is 11.7. The van der Waals surface area contributed by atoms with E-state index in [1.807, 2.05) is 24.0 Å². The van der Waals surface area contributed by atoms with Gasteiger partial charge < -0.3 is 36.0 Å². The number of ether oxygens (including phenoxy) is 1. The summed E-state index contributed by atoms with van der Waals surface area (Å²) in [4.78, 5) is 38.5. The fourth-order valence-electron chi connectivity index (χ4n) is 3.82. The van der Waals surface area contributed by atoms with Gasteiger partial charge in [-0.25, -0.2) is 9.78 Å². The molecule has 3 amide bonds. The molecular weight excluding hydrogens is 458 g/mol. The number of benzene rings is 1. The minimum atomic E-state index is -0.303. The summed E-state index contributed by atoms with van der Waals surface area (Å²) in [5.41, 5.74) is 8.02. The smallest absolute Gasteiger partial charge is 0.321 e. The van der Waals surface area contributed by atoms with Crippen LogP contribution >= 0.6 is 11.3 Å². The normalized spacial score (nSPS) is 13.7. The lowest BCUT2D eigenvalue weighted by Crippen LogP contribution is -2.50. The van der Waals surface area contributed by atoms with E-state index >= 15 is 0 Å². The van der Waals surface area contributed by atoms with Crippen molar-refractivity contribution in [1.29, 1.82) is 0 Å². The van der Waals surface area contributed by atoms with E-state index in [1.54, 1.807) is 23.5 Å². The number of nitrogen functional groups attached to an aromatic ring is 1. The number of methoxy groups -OCH3 is 1. The highest BCUT2D eigenvalue weighted by Crippen LogP contribution is 2.33. The number of piperazine rings is 1. The van der Waals surface area contributed by atoms with Crippen LogP contribution < -0.4 is 26.0 Å². The molecule has 1 fully saturated rings. The Morgan fingerprint density at radius 3 is 2.68 bits per heavy atom. The topological polar surface area (TPSA) is 146 Å². The molecule has 0 radical (unpaired) electrons. The van der Waals surface area contributed by atoms with Crippen molar-refractivity contribution in [1.82, 2.24) is 20.2 Å². The number of carbonyl (C=O) groups is 2. The van der Waals surface area contributed by atoms with Crippen LogP contribution in [0.4, 0.5) is 22.2 Å². The molecule has 4 rings (SSSR count). The number of anilines is 3. The molecule has 11 nitrogen and oxygen atoms in total. The molecule has 12 heteroatoms. The zero-order valence-corrected chi connectivity index (χ0v) is 19.8. The number of amides is 3. The van der Waals surface area contributed by atoms with Gasteiger partial charge in [0.1, 0.15) is 16.4 Å². The fourth-order valence-corrected chi connectivity index (χ4v) is 4.74. The van der Waals surface area contributed by atoms with Gasteiger partial charge in [0, 0.05) is 43.8 Å². The van der Waals surface area contributed by atoms with E-state index < -0.39 is 0 Å². The lowest BCUT2D eigenvalue weighted by Gasteiger charge is -2.35. The molecule has 0 atom stereocenters. The summed E-state index contributed by atoms with van der Waals surface area (Å²) in [5.74, 6) is 1.13. The van der Waals surface area contributed by atoms with E-state index in [0.29, 0.717) is 47.8 Å². The number of hydrogen-bond donors (Lipinski definition) is 4. The van der Waals surface area contributed by atoms with Gasteiger partial charge in [-0.15, -0.1) is 11.3 Å². The first-order chi connectivity index (χ1) is 16.4. The first kappa shape index (κ1) is 23.5. The molecular formula is C22H27N7O4S. The van der Waals surface area contributed by atoms with Gasteiger partial charge in [-0.1, -0.05) is 0 Å². The summed E-state index contributed by atoms with van der Waals surface area (Å²) in [6.07, 6.45) is 0. The number of carbonyl (C=O) groups excluding carboxylic acids is 2. The summed E-state index contributed by atoms with van der Waals surface area (Å²) in [7, 11) is 1.60. The van der Waals surface area contributed by atoms with Gasteiger partial charge in [-0.2, -0.15) is 4.98 Å². The summed E-state index contributed by atoms with van der Waals surface area (Å²) in [6.45, 7) is 3.91. The Labute approximate surface area is 200 Å². The van der Waals surface area contributed by atoms with Crippen molar-refractivity contribution in [3.8, 4) is 5.75 Å². The van der Waals surface area contributed by atoms with Gasteiger partial charge in [0.25, 0.3) is 5.91 Å². The number of urea groups is 1. The van der Waals surface area contributed by atoms with Crippen molar-refractivity contribution in [2.45, 2.75) is 6.92 Å². The third-order valence-electron chi connectivity index (χ3n) is 5.62. The Bertz CT molecular complexity index is 1210. The van der Waals surface area contributed by atoms with Crippen molar-refractivity contribution in [2.24, 2.45) is 0 Å². The van der Waals surface area contributed by atoms with Crippen molar-refractivity contribution in [2.75, 3.05) is 62.4 Å². The molecule has 3 heterocycles. The third kappa shape index (κ3) is 4.82. The number of nitrogens with zero attached hydrogens (tertiary/aromatic N) is 4. The van der Waals surface area contributed by atoms with Gasteiger partial charge in [-0.3, -0.25) is 4.79 Å². The SMILES string of the molecule is COc1ccc(NC(=O)N2CCN(c3nc(N)nc4scc(C(=O)NCCO)c34)CC2)c(C)c1. The lowest BCUT2D eigenvalue weighted by atomic mass is 10.2. The van der Waals surface area contributed by atoms with Crippen LogP contribution in [0.25, 0.3) is 10.2 Å². The van der Waals surface area contributed by atoms with Crippen LogP contribution in [0.3, 0.4) is 0 Å². The highest BCUT2D eigenvalue weighted by atomic mass is 32.1. The average molecular weight is 486 g/mol. The summed E-state index contributed by atoms with van der Waals surface area (Å²) in [5, 5.41) is 17.0. The zero-order valence-electron chi connectivity index (χ0n) is 19.0. The molecule has 0 spiro atoms. The molecule has 3 aromatic rings. The molecule has 1 saturated heterocycles. The maximum Gasteiger partial charge on any atom is 0.321 e. The molecule has 0 aliphatic carbocycles. The van der Waals surface area contributed by atoms with Gasteiger partial charge in [0.15, 0.2) is 0 Å². The summed E-state index contributed by atoms with van der Waals surface area (Å²) < 4.78 is 5.22. The van der Waals surface area contributed by atoms with E-state index in [9.17, 15) is 9.59 Å². The maximum absolute atomic E-state index is 12.8. The fraction of sp³-hybridized carbons (Fsp3) is 0.364. The van der Waals surface area contributed by atoms with Crippen molar-refractivity contribution >= 4 is 50.9 Å². The van der Waals surface area contributed by atoms with E-state index in [2.05, 4.69) is 20.6 Å². The highest BCUT2D eigenvalue weighted by molar-refractivity contribution is 7.17. The largest absolute Gasteiger partial charge is 0.497 e. The number of aliphatic hydroxyl groups is 1. The van der Waals surface area contributed by atoms with Crippen LogP contribution in [0.15, 0.2) is 23.6 Å². The Morgan fingerprint density at radius 2 is 2.00 bits per heavy atom. The van der Waals surface area contributed by atoms with E-state index in [-0.39, 0.29) is 31.0 Å². The van der Waals surface area contributed by atoms with E-state index in [4.69, 9.17) is 15.6 Å². The Kier molecular flexibility index (Phi) is 6.98. The number of rotatable bonds is 6. The van der Waals surface area contributed by atoms with E-state index in [0.717, 1.165) is 17.0 Å². The molecule has 1 aliphatic rings. The Hall–Kier alpha value is -3.64. The van der Waals surface area contributed by atoms with E-state index in [1.165, 1.54) is 11.3 Å². The standard InChI is InChI=1S/C22H27N7O4S/c1-13-11-14(33-2)3-4-16(13)25-22(32)29-8-6-28(7-9-29)18-17-15(19(31)24-5-10-30)12-34-20(17)27-21(23)26-18/h3-4,11-12,30H,5-10H2,1-2H3,(H,24,31)(H,25,32)(H2,23,26,27). The molecule has 0 bridgehead atoms. The first-order valence-electron chi connectivity index (χ1n) is 10.8. The van der Waals surface area contributed by atoms with Gasteiger partial charge in [0.2, 0.25) is 5.95 Å². The van der Waals surface area contributed by atoms with Gasteiger partial charge >= 0.3 is 6.03 Å². The van der Waals surface area contributed by atoms with Crippen LogP contribution in [0, 0.1) is 6.92 Å².